The van der Waals surface area contributed by atoms with Crippen LogP contribution in [-0.2, 0) is 10.0 Å². The molecule has 1 fully saturated rings. The maximum Gasteiger partial charge on any atom is 0.214 e. The van der Waals surface area contributed by atoms with E-state index in [0.717, 1.165) is 32.4 Å². The average molecular weight is 234 g/mol. The minimum atomic E-state index is -2.99. The number of nitrogens with one attached hydrogen (secondary N) is 1. The Balaban J connectivity index is 2.18. The van der Waals surface area contributed by atoms with Crippen molar-refractivity contribution in [1.29, 1.82) is 0 Å². The van der Waals surface area contributed by atoms with Crippen LogP contribution >= 0.6 is 0 Å². The average Bonchev–Trinajstić information content (AvgIpc) is 2.99. The van der Waals surface area contributed by atoms with Crippen molar-refractivity contribution in [3.63, 3.8) is 0 Å². The van der Waals surface area contributed by atoms with Crippen LogP contribution in [0.25, 0.3) is 0 Å². The topological polar surface area (TPSA) is 49.4 Å². The van der Waals surface area contributed by atoms with Crippen molar-refractivity contribution in [1.82, 2.24) is 9.62 Å². The molecule has 1 aliphatic rings. The Morgan fingerprint density at radius 1 is 1.33 bits per heavy atom. The molecule has 0 spiro atoms. The van der Waals surface area contributed by atoms with Crippen LogP contribution in [0.1, 0.15) is 32.6 Å². The molecule has 0 unspecified atom stereocenters. The molecule has 0 amide bonds. The summed E-state index contributed by atoms with van der Waals surface area (Å²) < 4.78 is 25.0. The third-order valence-corrected chi connectivity index (χ3v) is 4.66. The predicted molar refractivity (Wildman–Crippen MR) is 62.3 cm³/mol. The van der Waals surface area contributed by atoms with Gasteiger partial charge in [-0.3, -0.25) is 0 Å². The molecule has 0 radical (unpaired) electrons. The second-order valence-corrected chi connectivity index (χ2v) is 6.31. The Hall–Kier alpha value is -0.130. The van der Waals surface area contributed by atoms with Gasteiger partial charge in [0, 0.05) is 13.1 Å². The Bertz CT molecular complexity index is 273. The van der Waals surface area contributed by atoms with Crippen LogP contribution in [0.15, 0.2) is 0 Å². The quantitative estimate of drug-likeness (QED) is 0.632. The predicted octanol–water partition coefficient (Wildman–Crippen LogP) is 0.800. The van der Waals surface area contributed by atoms with Gasteiger partial charge in [-0.15, -0.1) is 0 Å². The van der Waals surface area contributed by atoms with E-state index in [4.69, 9.17) is 0 Å². The van der Waals surface area contributed by atoms with Crippen LogP contribution in [0.4, 0.5) is 0 Å². The maximum absolute atomic E-state index is 11.7. The van der Waals surface area contributed by atoms with Crippen molar-refractivity contribution in [3.05, 3.63) is 0 Å². The number of nitrogens with zero attached hydrogens (tertiary/aromatic N) is 1. The van der Waals surface area contributed by atoms with Gasteiger partial charge in [0.15, 0.2) is 0 Å². The van der Waals surface area contributed by atoms with E-state index in [0.29, 0.717) is 12.5 Å². The fraction of sp³-hybridized carbons (Fsp3) is 1.00. The first kappa shape index (κ1) is 12.9. The monoisotopic (exact) mass is 234 g/mol. The lowest BCUT2D eigenvalue weighted by atomic mass is 10.4. The summed E-state index contributed by atoms with van der Waals surface area (Å²) in [7, 11) is -1.29. The minimum Gasteiger partial charge on any atom is -0.317 e. The van der Waals surface area contributed by atoms with Gasteiger partial charge in [-0.25, -0.2) is 12.7 Å². The molecule has 5 heteroatoms. The van der Waals surface area contributed by atoms with E-state index in [2.05, 4.69) is 12.2 Å². The molecule has 1 N–H and O–H groups in total. The molecule has 0 bridgehead atoms. The van der Waals surface area contributed by atoms with Gasteiger partial charge in [0.05, 0.1) is 5.75 Å². The third-order valence-electron chi connectivity index (χ3n) is 2.68. The zero-order valence-corrected chi connectivity index (χ0v) is 10.5. The van der Waals surface area contributed by atoms with E-state index in [1.54, 1.807) is 11.4 Å². The van der Waals surface area contributed by atoms with Gasteiger partial charge < -0.3 is 5.32 Å². The van der Waals surface area contributed by atoms with E-state index in [-0.39, 0.29) is 5.75 Å². The zero-order chi connectivity index (χ0) is 11.3. The number of hydrogen-bond acceptors (Lipinski definition) is 3. The molecule has 1 aliphatic carbocycles. The van der Waals surface area contributed by atoms with E-state index in [1.165, 1.54) is 0 Å². The van der Waals surface area contributed by atoms with Gasteiger partial charge in [-0.1, -0.05) is 6.92 Å². The smallest absolute Gasteiger partial charge is 0.214 e. The summed E-state index contributed by atoms with van der Waals surface area (Å²) in [5.41, 5.74) is 0. The summed E-state index contributed by atoms with van der Waals surface area (Å²) in [6, 6.07) is 0.290. The zero-order valence-electron chi connectivity index (χ0n) is 9.70. The van der Waals surface area contributed by atoms with Crippen LogP contribution in [0.2, 0.25) is 0 Å². The molecule has 90 valence electrons. The lowest BCUT2D eigenvalue weighted by Gasteiger charge is -2.16. The molecule has 0 aliphatic heterocycles. The first-order valence-electron chi connectivity index (χ1n) is 5.74. The van der Waals surface area contributed by atoms with Crippen molar-refractivity contribution < 1.29 is 8.42 Å². The summed E-state index contributed by atoms with van der Waals surface area (Å²) in [6.45, 7) is 3.87. The Labute approximate surface area is 93.1 Å². The molecule has 0 aromatic rings. The Morgan fingerprint density at radius 3 is 2.53 bits per heavy atom. The van der Waals surface area contributed by atoms with Crippen molar-refractivity contribution >= 4 is 10.0 Å². The highest BCUT2D eigenvalue weighted by molar-refractivity contribution is 7.89. The normalized spacial score (nSPS) is 17.3. The SMILES string of the molecule is CCCNCCCS(=O)(=O)N(C)C1CC1. The summed E-state index contributed by atoms with van der Waals surface area (Å²) in [6.07, 6.45) is 3.86. The molecule has 1 rings (SSSR count). The van der Waals surface area contributed by atoms with Crippen molar-refractivity contribution in [2.24, 2.45) is 0 Å². The maximum atomic E-state index is 11.7. The van der Waals surface area contributed by atoms with Crippen LogP contribution in [0.5, 0.6) is 0 Å². The summed E-state index contributed by atoms with van der Waals surface area (Å²) in [4.78, 5) is 0. The van der Waals surface area contributed by atoms with Gasteiger partial charge >= 0.3 is 0 Å². The van der Waals surface area contributed by atoms with Gasteiger partial charge in [0.1, 0.15) is 0 Å². The van der Waals surface area contributed by atoms with Crippen molar-refractivity contribution in [3.8, 4) is 0 Å². The van der Waals surface area contributed by atoms with Gasteiger partial charge in [0.2, 0.25) is 10.0 Å². The molecular formula is C10H22N2O2S. The molecule has 0 saturated heterocycles. The number of rotatable bonds is 8. The van der Waals surface area contributed by atoms with E-state index < -0.39 is 10.0 Å². The molecule has 15 heavy (non-hydrogen) atoms. The second-order valence-electron chi connectivity index (χ2n) is 4.17. The fourth-order valence-electron chi connectivity index (χ4n) is 1.49. The third kappa shape index (κ3) is 4.49. The fourth-order valence-corrected chi connectivity index (χ4v) is 2.95. The van der Waals surface area contributed by atoms with Gasteiger partial charge in [-0.05, 0) is 38.8 Å². The summed E-state index contributed by atoms with van der Waals surface area (Å²) >= 11 is 0. The Kier molecular flexibility index (Phi) is 5.02. The van der Waals surface area contributed by atoms with E-state index in [9.17, 15) is 8.42 Å². The van der Waals surface area contributed by atoms with Crippen molar-refractivity contribution in [2.45, 2.75) is 38.6 Å². The molecule has 0 aromatic carbocycles. The summed E-state index contributed by atoms with van der Waals surface area (Å²) in [5.74, 6) is 0.275. The van der Waals surface area contributed by atoms with Crippen LogP contribution < -0.4 is 5.32 Å². The van der Waals surface area contributed by atoms with Crippen LogP contribution in [0, 0.1) is 0 Å². The second kappa shape index (κ2) is 5.82. The minimum absolute atomic E-state index is 0.275. The molecule has 1 saturated carbocycles. The molecule has 0 heterocycles. The van der Waals surface area contributed by atoms with Crippen LogP contribution in [-0.4, -0.2) is 44.7 Å². The largest absolute Gasteiger partial charge is 0.317 e. The standard InChI is InChI=1S/C10H22N2O2S/c1-3-7-11-8-4-9-15(13,14)12(2)10-5-6-10/h10-11H,3-9H2,1-2H3. The van der Waals surface area contributed by atoms with Crippen LogP contribution in [0.3, 0.4) is 0 Å². The van der Waals surface area contributed by atoms with Crippen molar-refractivity contribution in [2.75, 3.05) is 25.9 Å². The Morgan fingerprint density at radius 2 is 2.00 bits per heavy atom. The highest BCUT2D eigenvalue weighted by Crippen LogP contribution is 2.27. The number of hydrogen-bond donors (Lipinski definition) is 1. The van der Waals surface area contributed by atoms with E-state index >= 15 is 0 Å². The van der Waals surface area contributed by atoms with Gasteiger partial charge in [-0.2, -0.15) is 0 Å². The summed E-state index contributed by atoms with van der Waals surface area (Å²) in [5, 5.41) is 3.21. The van der Waals surface area contributed by atoms with Gasteiger partial charge in [0.25, 0.3) is 0 Å². The molecular weight excluding hydrogens is 212 g/mol. The first-order chi connectivity index (χ1) is 7.08. The highest BCUT2D eigenvalue weighted by atomic mass is 32.2. The lowest BCUT2D eigenvalue weighted by molar-refractivity contribution is 0.462. The highest BCUT2D eigenvalue weighted by Gasteiger charge is 2.33. The number of sulfonamides is 1. The first-order valence-corrected chi connectivity index (χ1v) is 7.35. The molecule has 0 atom stereocenters. The lowest BCUT2D eigenvalue weighted by Crippen LogP contribution is -2.32. The molecule has 4 nitrogen and oxygen atoms in total. The van der Waals surface area contributed by atoms with E-state index in [1.807, 2.05) is 0 Å². The molecule has 0 aromatic heterocycles.